The molecule has 5 saturated carbocycles. The summed E-state index contributed by atoms with van der Waals surface area (Å²) in [6, 6.07) is 0. The second-order valence-electron chi connectivity index (χ2n) is 14.0. The van der Waals surface area contributed by atoms with Crippen LogP contribution in [0.4, 0.5) is 0 Å². The van der Waals surface area contributed by atoms with Gasteiger partial charge in [0.2, 0.25) is 0 Å². The van der Waals surface area contributed by atoms with Gasteiger partial charge in [0.1, 0.15) is 0 Å². The van der Waals surface area contributed by atoms with Crippen LogP contribution in [-0.4, -0.2) is 47.7 Å². The lowest BCUT2D eigenvalue weighted by Gasteiger charge is -2.63. The van der Waals surface area contributed by atoms with Crippen LogP contribution in [-0.2, 0) is 14.3 Å². The molecule has 1 saturated heterocycles. The molecule has 12 atom stereocenters. The van der Waals surface area contributed by atoms with Crippen LogP contribution in [0.15, 0.2) is 0 Å². The number of fused-ring (bicyclic) bond motifs is 4. The zero-order chi connectivity index (χ0) is 23.8. The highest BCUT2D eigenvalue weighted by atomic mass is 16.6. The first-order valence-electron chi connectivity index (χ1n) is 13.5. The van der Waals surface area contributed by atoms with Gasteiger partial charge in [0.05, 0.1) is 25.4 Å². The second-order valence-corrected chi connectivity index (χ2v) is 14.0. The van der Waals surface area contributed by atoms with E-state index in [0.717, 1.165) is 32.1 Å². The van der Waals surface area contributed by atoms with Crippen molar-refractivity contribution in [2.24, 2.45) is 50.7 Å². The summed E-state index contributed by atoms with van der Waals surface area (Å²) in [5.74, 6) is 1.35. The van der Waals surface area contributed by atoms with Gasteiger partial charge in [0.25, 0.3) is 0 Å². The molecule has 0 aromatic carbocycles. The predicted octanol–water partition coefficient (Wildman–Crippen LogP) is 4.33. The molecule has 1 aliphatic heterocycles. The fourth-order valence-electron chi connectivity index (χ4n) is 11.6. The number of hydrogen-bond donors (Lipinski definition) is 2. The van der Waals surface area contributed by atoms with Crippen molar-refractivity contribution in [2.45, 2.75) is 110 Å². The molecule has 0 bridgehead atoms. The Labute approximate surface area is 199 Å². The minimum absolute atomic E-state index is 0.00776. The largest absolute Gasteiger partial charge is 0.467 e. The Bertz CT molecular complexity index is 870. The zero-order valence-electron chi connectivity index (χ0n) is 21.4. The van der Waals surface area contributed by atoms with Crippen molar-refractivity contribution >= 4 is 5.97 Å². The van der Waals surface area contributed by atoms with Crippen LogP contribution in [0.25, 0.3) is 0 Å². The Kier molecular flexibility index (Phi) is 4.53. The zero-order valence-corrected chi connectivity index (χ0v) is 21.4. The van der Waals surface area contributed by atoms with Gasteiger partial charge in [-0.25, -0.2) is 4.79 Å². The molecule has 186 valence electrons. The maximum absolute atomic E-state index is 12.4. The summed E-state index contributed by atoms with van der Waals surface area (Å²) < 4.78 is 11.4. The van der Waals surface area contributed by atoms with E-state index in [9.17, 15) is 15.0 Å². The van der Waals surface area contributed by atoms with Gasteiger partial charge in [0, 0.05) is 5.41 Å². The first-order chi connectivity index (χ1) is 15.4. The molecular formula is C28H44O5. The molecule has 2 N–H and O–H groups in total. The van der Waals surface area contributed by atoms with Crippen LogP contribution < -0.4 is 0 Å². The summed E-state index contributed by atoms with van der Waals surface area (Å²) in [5.41, 5.74) is 0.420. The van der Waals surface area contributed by atoms with Gasteiger partial charge in [-0.15, -0.1) is 0 Å². The Morgan fingerprint density at radius 2 is 1.64 bits per heavy atom. The van der Waals surface area contributed by atoms with E-state index >= 15 is 0 Å². The molecular weight excluding hydrogens is 416 g/mol. The molecule has 0 aromatic heterocycles. The summed E-state index contributed by atoms with van der Waals surface area (Å²) in [7, 11) is 1.42. The van der Waals surface area contributed by atoms with Gasteiger partial charge in [-0.3, -0.25) is 0 Å². The number of aliphatic hydroxyl groups is 2. The average Bonchev–Trinajstić information content (AvgIpc) is 3.41. The van der Waals surface area contributed by atoms with Gasteiger partial charge < -0.3 is 19.7 Å². The molecule has 5 heteroatoms. The van der Waals surface area contributed by atoms with Crippen LogP contribution in [0, 0.1) is 50.7 Å². The van der Waals surface area contributed by atoms with Gasteiger partial charge in [-0.05, 0) is 96.7 Å². The number of aliphatic hydroxyl groups excluding tert-OH is 2. The normalized spacial score (nSPS) is 60.5. The number of carbonyl (C=O) groups excluding carboxylic acids is 1. The van der Waals surface area contributed by atoms with E-state index in [1.165, 1.54) is 20.0 Å². The highest BCUT2D eigenvalue weighted by Crippen LogP contribution is 2.89. The maximum Gasteiger partial charge on any atom is 0.334 e. The smallest absolute Gasteiger partial charge is 0.334 e. The van der Waals surface area contributed by atoms with Crippen molar-refractivity contribution in [1.82, 2.24) is 0 Å². The van der Waals surface area contributed by atoms with Crippen molar-refractivity contribution in [3.63, 3.8) is 0 Å². The molecule has 0 amide bonds. The van der Waals surface area contributed by atoms with Crippen molar-refractivity contribution in [2.75, 3.05) is 7.11 Å². The lowest BCUT2D eigenvalue weighted by molar-refractivity contribution is -0.184. The first kappa shape index (κ1) is 22.8. The Hall–Kier alpha value is -0.650. The van der Waals surface area contributed by atoms with Gasteiger partial charge >= 0.3 is 5.97 Å². The van der Waals surface area contributed by atoms with Crippen molar-refractivity contribution in [3.8, 4) is 0 Å². The number of methoxy groups -OCH3 is 1. The first-order valence-corrected chi connectivity index (χ1v) is 13.5. The lowest BCUT2D eigenvalue weighted by atomic mass is 9.41. The average molecular weight is 461 g/mol. The predicted molar refractivity (Wildman–Crippen MR) is 124 cm³/mol. The summed E-state index contributed by atoms with van der Waals surface area (Å²) in [4.78, 5) is 12.4. The van der Waals surface area contributed by atoms with Crippen LogP contribution in [0.1, 0.15) is 86.0 Å². The number of esters is 1. The molecule has 5 nitrogen and oxygen atoms in total. The molecule has 5 aliphatic carbocycles. The standard InChI is InChI=1S/C28H44O5/c1-15-13-16(23(31)32-6)33-21-20(15)25(4)11-12-28-14-27(28)10-9-19(29)24(2,3)17(27)7-8-18(28)26(25,5)22(21)30/h15-22,29-30H,7-14H2,1-6H3/t15-,16?,17+,18+,19+,20?,21?,22+,25-,26-,27?,28?/m1/s1. The Balaban J connectivity index is 1.39. The van der Waals surface area contributed by atoms with E-state index in [2.05, 4.69) is 34.6 Å². The van der Waals surface area contributed by atoms with Gasteiger partial charge in [0.15, 0.2) is 6.10 Å². The minimum Gasteiger partial charge on any atom is -0.467 e. The molecule has 33 heavy (non-hydrogen) atoms. The van der Waals surface area contributed by atoms with Crippen LogP contribution in [0.5, 0.6) is 0 Å². The van der Waals surface area contributed by atoms with Gasteiger partial charge in [-0.2, -0.15) is 0 Å². The molecule has 5 unspecified atom stereocenters. The third-order valence-electron chi connectivity index (χ3n) is 13.2. The Morgan fingerprint density at radius 3 is 2.33 bits per heavy atom. The second kappa shape index (κ2) is 6.56. The number of hydrogen-bond acceptors (Lipinski definition) is 5. The van der Waals surface area contributed by atoms with Crippen LogP contribution in [0.3, 0.4) is 0 Å². The summed E-state index contributed by atoms with van der Waals surface area (Å²) in [6.07, 6.45) is 7.09. The van der Waals surface area contributed by atoms with E-state index in [1.807, 2.05) is 0 Å². The van der Waals surface area contributed by atoms with Crippen molar-refractivity contribution in [1.29, 1.82) is 0 Å². The number of carbonyl (C=O) groups is 1. The molecule has 6 fully saturated rings. The van der Waals surface area contributed by atoms with Gasteiger partial charge in [-0.1, -0.05) is 34.6 Å². The summed E-state index contributed by atoms with van der Waals surface area (Å²) in [6.45, 7) is 11.7. The minimum atomic E-state index is -0.564. The van der Waals surface area contributed by atoms with E-state index in [0.29, 0.717) is 35.0 Å². The molecule has 0 radical (unpaired) electrons. The van der Waals surface area contributed by atoms with Crippen molar-refractivity contribution < 1.29 is 24.5 Å². The highest BCUT2D eigenvalue weighted by Gasteiger charge is 2.84. The fraction of sp³-hybridized carbons (Fsp3) is 0.964. The quantitative estimate of drug-likeness (QED) is 0.570. The highest BCUT2D eigenvalue weighted by molar-refractivity contribution is 5.74. The van der Waals surface area contributed by atoms with Crippen molar-refractivity contribution in [3.05, 3.63) is 0 Å². The molecule has 2 spiro atoms. The Morgan fingerprint density at radius 1 is 0.970 bits per heavy atom. The number of rotatable bonds is 1. The molecule has 6 rings (SSSR count). The topological polar surface area (TPSA) is 76.0 Å². The summed E-state index contributed by atoms with van der Waals surface area (Å²) >= 11 is 0. The SMILES string of the molecule is COC(=O)C1C[C@@H](C)C2C(O1)[C@H](O)[C@@]1(C)[C@@H]3CC[C@H]4C(C)(C)[C@@H](O)CCC45CC35CC[C@]21C. The number of ether oxygens (including phenoxy) is 2. The third kappa shape index (κ3) is 2.34. The maximum atomic E-state index is 12.4. The van der Waals surface area contributed by atoms with Crippen LogP contribution in [0.2, 0.25) is 0 Å². The van der Waals surface area contributed by atoms with E-state index in [1.54, 1.807) is 0 Å². The van der Waals surface area contributed by atoms with Crippen LogP contribution >= 0.6 is 0 Å². The third-order valence-corrected chi connectivity index (χ3v) is 13.2. The van der Waals surface area contributed by atoms with E-state index < -0.39 is 12.2 Å². The molecule has 1 heterocycles. The van der Waals surface area contributed by atoms with E-state index in [4.69, 9.17) is 9.47 Å². The summed E-state index contributed by atoms with van der Waals surface area (Å²) in [5, 5.41) is 22.9. The molecule has 0 aromatic rings. The fourth-order valence-corrected chi connectivity index (χ4v) is 11.6. The monoisotopic (exact) mass is 460 g/mol. The van der Waals surface area contributed by atoms with E-state index in [-0.39, 0.29) is 40.3 Å². The lowest BCUT2D eigenvalue weighted by Crippen LogP contribution is -2.59. The molecule has 6 aliphatic rings.